The van der Waals surface area contributed by atoms with Crippen LogP contribution in [0.4, 0.5) is 0 Å². The lowest BCUT2D eigenvalue weighted by atomic mass is 10.1. The maximum atomic E-state index is 12.6. The van der Waals surface area contributed by atoms with Gasteiger partial charge in [-0.3, -0.25) is 4.79 Å². The summed E-state index contributed by atoms with van der Waals surface area (Å²) in [5, 5.41) is 0. The first-order chi connectivity index (χ1) is 12.8. The molecular weight excluding hydrogens is 364 g/mol. The van der Waals surface area contributed by atoms with Gasteiger partial charge < -0.3 is 9.30 Å². The molecule has 0 aliphatic carbocycles. The Labute approximate surface area is 161 Å². The van der Waals surface area contributed by atoms with Gasteiger partial charge in [0, 0.05) is 31.9 Å². The highest BCUT2D eigenvalue weighted by molar-refractivity contribution is 7.89. The summed E-state index contributed by atoms with van der Waals surface area (Å²) < 4.78 is 33.8. The number of hydrogen-bond donors (Lipinski definition) is 0. The van der Waals surface area contributed by atoms with Crippen molar-refractivity contribution in [2.75, 3.05) is 19.7 Å². The summed E-state index contributed by atoms with van der Waals surface area (Å²) in [7, 11) is -3.58. The van der Waals surface area contributed by atoms with Crippen LogP contribution in [0.2, 0.25) is 0 Å². The summed E-state index contributed by atoms with van der Waals surface area (Å²) in [4.78, 5) is 12.2. The average molecular weight is 393 g/mol. The van der Waals surface area contributed by atoms with E-state index >= 15 is 0 Å². The Morgan fingerprint density at radius 3 is 2.26 bits per heavy atom. The summed E-state index contributed by atoms with van der Waals surface area (Å²) in [5.74, 6) is 0.803. The van der Waals surface area contributed by atoms with Crippen molar-refractivity contribution in [2.45, 2.75) is 45.6 Å². The van der Waals surface area contributed by atoms with Crippen molar-refractivity contribution in [3.8, 4) is 5.75 Å². The quantitative estimate of drug-likeness (QED) is 0.615. The fourth-order valence-corrected chi connectivity index (χ4v) is 4.47. The number of rotatable bonds is 9. The minimum Gasteiger partial charge on any atom is -0.494 e. The van der Waals surface area contributed by atoms with Gasteiger partial charge in [-0.05, 0) is 49.6 Å². The minimum absolute atomic E-state index is 0.140. The van der Waals surface area contributed by atoms with Gasteiger partial charge in [0.2, 0.25) is 10.0 Å². The number of nitrogens with zero attached hydrogens (tertiary/aromatic N) is 2. The first-order valence-corrected chi connectivity index (χ1v) is 10.6. The van der Waals surface area contributed by atoms with Crippen LogP contribution in [0.1, 0.15) is 31.4 Å². The van der Waals surface area contributed by atoms with Crippen LogP contribution in [0.25, 0.3) is 0 Å². The molecule has 0 bridgehead atoms. The predicted octanol–water partition coefficient (Wildman–Crippen LogP) is 2.96. The minimum atomic E-state index is -3.58. The molecule has 0 atom stereocenters. The Kier molecular flexibility index (Phi) is 7.21. The van der Waals surface area contributed by atoms with Gasteiger partial charge in [0.1, 0.15) is 5.75 Å². The fraction of sp³-hybridized carbons (Fsp3) is 0.450. The summed E-state index contributed by atoms with van der Waals surface area (Å²) in [5.41, 5.74) is 2.05. The molecule has 148 valence electrons. The lowest BCUT2D eigenvalue weighted by molar-refractivity contribution is 0.300. The second kappa shape index (κ2) is 9.19. The van der Waals surface area contributed by atoms with Crippen molar-refractivity contribution in [1.29, 1.82) is 0 Å². The Morgan fingerprint density at radius 1 is 1.04 bits per heavy atom. The van der Waals surface area contributed by atoms with Crippen LogP contribution in [-0.4, -0.2) is 37.0 Å². The SMILES string of the molecule is CCN(CC)S(=O)(=O)c1ccc(=O)n(CCCOc2cc(C)cc(C)c2)c1. The van der Waals surface area contributed by atoms with E-state index in [1.54, 1.807) is 13.8 Å². The Hall–Kier alpha value is -2.12. The van der Waals surface area contributed by atoms with E-state index in [-0.39, 0.29) is 10.5 Å². The standard InChI is InChI=1S/C20H28N2O4S/c1-5-22(6-2)27(24,25)19-8-9-20(23)21(15-19)10-7-11-26-18-13-16(3)12-17(4)14-18/h8-9,12-15H,5-7,10-11H2,1-4H3. The molecule has 2 rings (SSSR count). The normalized spacial score (nSPS) is 11.7. The number of sulfonamides is 1. The highest BCUT2D eigenvalue weighted by Gasteiger charge is 2.22. The molecule has 0 spiro atoms. The molecule has 6 nitrogen and oxygen atoms in total. The van der Waals surface area contributed by atoms with Crippen LogP contribution in [-0.2, 0) is 16.6 Å². The zero-order chi connectivity index (χ0) is 20.0. The molecular formula is C20H28N2O4S. The van der Waals surface area contributed by atoms with E-state index < -0.39 is 10.0 Å². The van der Waals surface area contributed by atoms with Crippen LogP contribution in [0, 0.1) is 13.8 Å². The maximum Gasteiger partial charge on any atom is 0.250 e. The highest BCUT2D eigenvalue weighted by atomic mass is 32.2. The van der Waals surface area contributed by atoms with Crippen molar-refractivity contribution >= 4 is 10.0 Å². The van der Waals surface area contributed by atoms with E-state index in [0.29, 0.717) is 32.7 Å². The van der Waals surface area contributed by atoms with E-state index in [0.717, 1.165) is 16.9 Å². The number of aryl methyl sites for hydroxylation is 3. The summed E-state index contributed by atoms with van der Waals surface area (Å²) in [6.07, 6.45) is 2.02. The lowest BCUT2D eigenvalue weighted by Crippen LogP contribution is -2.32. The molecule has 0 aliphatic rings. The third-order valence-electron chi connectivity index (χ3n) is 4.31. The first kappa shape index (κ1) is 21.2. The molecule has 1 heterocycles. The van der Waals surface area contributed by atoms with E-state index in [1.807, 2.05) is 26.0 Å². The first-order valence-electron chi connectivity index (χ1n) is 9.19. The fourth-order valence-electron chi connectivity index (χ4n) is 2.99. The Bertz CT molecular complexity index is 911. The Morgan fingerprint density at radius 2 is 1.67 bits per heavy atom. The third-order valence-corrected chi connectivity index (χ3v) is 6.34. The molecule has 0 amide bonds. The van der Waals surface area contributed by atoms with Gasteiger partial charge in [0.25, 0.3) is 5.56 Å². The molecule has 2 aromatic rings. The van der Waals surface area contributed by atoms with Crippen molar-refractivity contribution in [3.63, 3.8) is 0 Å². The van der Waals surface area contributed by atoms with Crippen LogP contribution in [0.3, 0.4) is 0 Å². The largest absolute Gasteiger partial charge is 0.494 e. The van der Waals surface area contributed by atoms with Gasteiger partial charge in [-0.1, -0.05) is 19.9 Å². The molecule has 7 heteroatoms. The van der Waals surface area contributed by atoms with Crippen molar-refractivity contribution in [2.24, 2.45) is 0 Å². The van der Waals surface area contributed by atoms with E-state index in [4.69, 9.17) is 4.74 Å². The molecule has 0 saturated carbocycles. The molecule has 0 fully saturated rings. The molecule has 1 aromatic carbocycles. The van der Waals surface area contributed by atoms with Gasteiger partial charge >= 0.3 is 0 Å². The zero-order valence-corrected chi connectivity index (χ0v) is 17.3. The second-order valence-corrected chi connectivity index (χ2v) is 8.45. The molecule has 0 radical (unpaired) electrons. The summed E-state index contributed by atoms with van der Waals surface area (Å²) >= 11 is 0. The maximum absolute atomic E-state index is 12.6. The molecule has 0 saturated heterocycles. The van der Waals surface area contributed by atoms with Crippen molar-refractivity contribution in [1.82, 2.24) is 8.87 Å². The van der Waals surface area contributed by atoms with Crippen LogP contribution in [0.5, 0.6) is 5.75 Å². The third kappa shape index (κ3) is 5.43. The van der Waals surface area contributed by atoms with Gasteiger partial charge in [-0.2, -0.15) is 4.31 Å². The zero-order valence-electron chi connectivity index (χ0n) is 16.4. The number of pyridine rings is 1. The molecule has 0 unspecified atom stereocenters. The predicted molar refractivity (Wildman–Crippen MR) is 107 cm³/mol. The van der Waals surface area contributed by atoms with Crippen LogP contribution < -0.4 is 10.3 Å². The second-order valence-electron chi connectivity index (χ2n) is 6.51. The molecule has 0 N–H and O–H groups in total. The van der Waals surface area contributed by atoms with E-state index in [2.05, 4.69) is 6.07 Å². The number of benzene rings is 1. The van der Waals surface area contributed by atoms with Gasteiger partial charge in [0.15, 0.2) is 0 Å². The van der Waals surface area contributed by atoms with E-state index in [9.17, 15) is 13.2 Å². The highest BCUT2D eigenvalue weighted by Crippen LogP contribution is 2.17. The topological polar surface area (TPSA) is 68.6 Å². The monoisotopic (exact) mass is 392 g/mol. The summed E-state index contributed by atoms with van der Waals surface area (Å²) in [6, 6.07) is 8.70. The number of ether oxygens (including phenoxy) is 1. The van der Waals surface area contributed by atoms with Crippen LogP contribution >= 0.6 is 0 Å². The molecule has 1 aromatic heterocycles. The molecule has 0 aliphatic heterocycles. The van der Waals surface area contributed by atoms with Crippen molar-refractivity contribution < 1.29 is 13.2 Å². The Balaban J connectivity index is 2.05. The molecule has 27 heavy (non-hydrogen) atoms. The van der Waals surface area contributed by atoms with E-state index in [1.165, 1.54) is 27.2 Å². The number of aromatic nitrogens is 1. The van der Waals surface area contributed by atoms with Gasteiger partial charge in [-0.15, -0.1) is 0 Å². The van der Waals surface area contributed by atoms with Gasteiger partial charge in [0.05, 0.1) is 11.5 Å². The average Bonchev–Trinajstić information content (AvgIpc) is 2.60. The smallest absolute Gasteiger partial charge is 0.250 e. The lowest BCUT2D eigenvalue weighted by Gasteiger charge is -2.19. The summed E-state index contributed by atoms with van der Waals surface area (Å²) in [6.45, 7) is 9.24. The van der Waals surface area contributed by atoms with Crippen molar-refractivity contribution in [3.05, 3.63) is 58.0 Å². The van der Waals surface area contributed by atoms with Crippen LogP contribution in [0.15, 0.2) is 46.2 Å². The van der Waals surface area contributed by atoms with Gasteiger partial charge in [-0.25, -0.2) is 8.42 Å². The number of hydrogen-bond acceptors (Lipinski definition) is 4.